The topological polar surface area (TPSA) is 98.2 Å². The van der Waals surface area contributed by atoms with E-state index in [1.54, 1.807) is 12.1 Å². The third-order valence-corrected chi connectivity index (χ3v) is 2.08. The van der Waals surface area contributed by atoms with Crippen molar-refractivity contribution in [1.29, 1.82) is 0 Å². The Morgan fingerprint density at radius 3 is 2.38 bits per heavy atom. The van der Waals surface area contributed by atoms with Gasteiger partial charge in [0.1, 0.15) is 0 Å². The summed E-state index contributed by atoms with van der Waals surface area (Å²) in [6.07, 6.45) is 0.947. The van der Waals surface area contributed by atoms with Crippen LogP contribution in [0.25, 0.3) is 0 Å². The van der Waals surface area contributed by atoms with E-state index in [2.05, 4.69) is 5.32 Å². The molecular formula is C11H15N3O2. The summed E-state index contributed by atoms with van der Waals surface area (Å²) in [5.74, 6) is -0.726. The van der Waals surface area contributed by atoms with Crippen molar-refractivity contribution in [2.45, 2.75) is 12.8 Å². The van der Waals surface area contributed by atoms with E-state index in [0.717, 1.165) is 5.56 Å². The summed E-state index contributed by atoms with van der Waals surface area (Å²) in [4.78, 5) is 21.7. The summed E-state index contributed by atoms with van der Waals surface area (Å²) >= 11 is 0. The third kappa shape index (κ3) is 4.45. The fourth-order valence-electron chi connectivity index (χ4n) is 1.22. The van der Waals surface area contributed by atoms with Crippen molar-refractivity contribution in [1.82, 2.24) is 5.32 Å². The lowest BCUT2D eigenvalue weighted by molar-refractivity contribution is -0.124. The Bertz CT molecular complexity index is 373. The minimum absolute atomic E-state index is 0.111. The highest BCUT2D eigenvalue weighted by molar-refractivity contribution is 5.83. The molecule has 5 nitrogen and oxygen atoms in total. The van der Waals surface area contributed by atoms with E-state index in [-0.39, 0.29) is 12.5 Å². The van der Waals surface area contributed by atoms with Crippen LogP contribution in [0.1, 0.15) is 12.0 Å². The standard InChI is InChI=1S/C11H15N3O2/c12-9-4-1-8(2-5-9)3-6-11(16)14-7-10(13)15/h1-2,4-5H,3,6-7,12H2,(H2,13,15)(H,14,16). The minimum atomic E-state index is -0.541. The zero-order valence-corrected chi connectivity index (χ0v) is 8.90. The number of nitrogens with two attached hydrogens (primary N) is 2. The largest absolute Gasteiger partial charge is 0.399 e. The summed E-state index contributed by atoms with van der Waals surface area (Å²) in [5.41, 5.74) is 12.2. The molecule has 0 aliphatic heterocycles. The van der Waals surface area contributed by atoms with E-state index in [1.165, 1.54) is 0 Å². The van der Waals surface area contributed by atoms with Crippen LogP contribution in [0.5, 0.6) is 0 Å². The fraction of sp³-hybridized carbons (Fsp3) is 0.273. The number of nitrogens with one attached hydrogen (secondary N) is 1. The Morgan fingerprint density at radius 1 is 1.19 bits per heavy atom. The molecule has 1 aromatic rings. The molecule has 1 rings (SSSR count). The third-order valence-electron chi connectivity index (χ3n) is 2.08. The van der Waals surface area contributed by atoms with Gasteiger partial charge in [-0.2, -0.15) is 0 Å². The lowest BCUT2D eigenvalue weighted by atomic mass is 10.1. The maximum atomic E-state index is 11.2. The van der Waals surface area contributed by atoms with Crippen LogP contribution in [0.2, 0.25) is 0 Å². The van der Waals surface area contributed by atoms with E-state index >= 15 is 0 Å². The SMILES string of the molecule is NC(=O)CNC(=O)CCc1ccc(N)cc1. The average molecular weight is 221 g/mol. The van der Waals surface area contributed by atoms with Gasteiger partial charge in [0.05, 0.1) is 6.54 Å². The summed E-state index contributed by atoms with van der Waals surface area (Å²) in [6.45, 7) is -0.111. The van der Waals surface area contributed by atoms with E-state index in [4.69, 9.17) is 11.5 Å². The first-order valence-electron chi connectivity index (χ1n) is 4.97. The van der Waals surface area contributed by atoms with Gasteiger partial charge >= 0.3 is 0 Å². The zero-order valence-electron chi connectivity index (χ0n) is 8.90. The van der Waals surface area contributed by atoms with Gasteiger partial charge in [0.25, 0.3) is 0 Å². The van der Waals surface area contributed by atoms with Crippen molar-refractivity contribution in [2.24, 2.45) is 5.73 Å². The molecule has 0 bridgehead atoms. The number of anilines is 1. The Morgan fingerprint density at radius 2 is 1.81 bits per heavy atom. The molecule has 0 saturated heterocycles. The molecule has 0 spiro atoms. The maximum Gasteiger partial charge on any atom is 0.236 e. The second-order valence-corrected chi connectivity index (χ2v) is 3.48. The number of carbonyl (C=O) groups is 2. The number of amides is 2. The van der Waals surface area contributed by atoms with E-state index in [9.17, 15) is 9.59 Å². The van der Waals surface area contributed by atoms with Crippen molar-refractivity contribution >= 4 is 17.5 Å². The van der Waals surface area contributed by atoms with Gasteiger partial charge in [-0.1, -0.05) is 12.1 Å². The van der Waals surface area contributed by atoms with Gasteiger partial charge in [-0.3, -0.25) is 9.59 Å². The first kappa shape index (κ1) is 12.0. The monoisotopic (exact) mass is 221 g/mol. The van der Waals surface area contributed by atoms with Crippen molar-refractivity contribution in [3.05, 3.63) is 29.8 Å². The van der Waals surface area contributed by atoms with Crippen LogP contribution in [0.3, 0.4) is 0 Å². The van der Waals surface area contributed by atoms with Crippen molar-refractivity contribution in [3.63, 3.8) is 0 Å². The average Bonchev–Trinajstić information content (AvgIpc) is 2.25. The highest BCUT2D eigenvalue weighted by Gasteiger charge is 2.03. The quantitative estimate of drug-likeness (QED) is 0.600. The number of rotatable bonds is 5. The van der Waals surface area contributed by atoms with Gasteiger partial charge in [-0.25, -0.2) is 0 Å². The Hall–Kier alpha value is -2.04. The molecule has 86 valence electrons. The van der Waals surface area contributed by atoms with Gasteiger partial charge in [0, 0.05) is 12.1 Å². The van der Waals surface area contributed by atoms with Crippen LogP contribution in [0.4, 0.5) is 5.69 Å². The van der Waals surface area contributed by atoms with Gasteiger partial charge in [-0.05, 0) is 24.1 Å². The number of nitrogen functional groups attached to an aromatic ring is 1. The molecule has 0 aliphatic carbocycles. The van der Waals surface area contributed by atoms with Crippen molar-refractivity contribution in [2.75, 3.05) is 12.3 Å². The van der Waals surface area contributed by atoms with Crippen LogP contribution >= 0.6 is 0 Å². The summed E-state index contributed by atoms with van der Waals surface area (Å²) < 4.78 is 0. The minimum Gasteiger partial charge on any atom is -0.399 e. The van der Waals surface area contributed by atoms with Crippen LogP contribution < -0.4 is 16.8 Å². The molecule has 2 amide bonds. The number of carbonyl (C=O) groups excluding carboxylic acids is 2. The molecule has 16 heavy (non-hydrogen) atoms. The molecule has 0 radical (unpaired) electrons. The summed E-state index contributed by atoms with van der Waals surface area (Å²) in [6, 6.07) is 7.32. The Balaban J connectivity index is 2.31. The van der Waals surface area contributed by atoms with E-state index < -0.39 is 5.91 Å². The van der Waals surface area contributed by atoms with Gasteiger partial charge < -0.3 is 16.8 Å². The van der Waals surface area contributed by atoms with Crippen LogP contribution in [0, 0.1) is 0 Å². The van der Waals surface area contributed by atoms with E-state index in [1.807, 2.05) is 12.1 Å². The molecule has 0 unspecified atom stereocenters. The maximum absolute atomic E-state index is 11.2. The highest BCUT2D eigenvalue weighted by atomic mass is 16.2. The number of primary amides is 1. The predicted octanol–water partition coefficient (Wildman–Crippen LogP) is -0.197. The molecule has 1 aromatic carbocycles. The second kappa shape index (κ2) is 5.75. The predicted molar refractivity (Wildman–Crippen MR) is 61.4 cm³/mol. The smallest absolute Gasteiger partial charge is 0.236 e. The molecule has 0 aromatic heterocycles. The second-order valence-electron chi connectivity index (χ2n) is 3.48. The van der Waals surface area contributed by atoms with Gasteiger partial charge in [-0.15, -0.1) is 0 Å². The first-order chi connectivity index (χ1) is 7.58. The number of hydrogen-bond donors (Lipinski definition) is 3. The highest BCUT2D eigenvalue weighted by Crippen LogP contribution is 2.07. The van der Waals surface area contributed by atoms with E-state index in [0.29, 0.717) is 18.5 Å². The number of benzene rings is 1. The molecule has 5 heteroatoms. The lowest BCUT2D eigenvalue weighted by Gasteiger charge is -2.03. The molecule has 5 N–H and O–H groups in total. The molecule has 0 atom stereocenters. The van der Waals surface area contributed by atoms with Crippen LogP contribution in [0.15, 0.2) is 24.3 Å². The van der Waals surface area contributed by atoms with Crippen LogP contribution in [-0.4, -0.2) is 18.4 Å². The van der Waals surface area contributed by atoms with Crippen molar-refractivity contribution < 1.29 is 9.59 Å². The first-order valence-corrected chi connectivity index (χ1v) is 4.97. The molecule has 0 saturated carbocycles. The Kier molecular flexibility index (Phi) is 4.32. The van der Waals surface area contributed by atoms with Gasteiger partial charge in [0.15, 0.2) is 0 Å². The summed E-state index contributed by atoms with van der Waals surface area (Å²) in [7, 11) is 0. The van der Waals surface area contributed by atoms with Crippen LogP contribution in [-0.2, 0) is 16.0 Å². The normalized spacial score (nSPS) is 9.75. The lowest BCUT2D eigenvalue weighted by Crippen LogP contribution is -2.33. The molecule has 0 aliphatic rings. The number of hydrogen-bond acceptors (Lipinski definition) is 3. The zero-order chi connectivity index (χ0) is 12.0. The molecular weight excluding hydrogens is 206 g/mol. The van der Waals surface area contributed by atoms with Gasteiger partial charge in [0.2, 0.25) is 11.8 Å². The molecule has 0 fully saturated rings. The summed E-state index contributed by atoms with van der Waals surface area (Å²) in [5, 5.41) is 2.43. The molecule has 0 heterocycles. The van der Waals surface area contributed by atoms with Crippen molar-refractivity contribution in [3.8, 4) is 0 Å². The fourth-order valence-corrected chi connectivity index (χ4v) is 1.22. The number of aryl methyl sites for hydroxylation is 1. The Labute approximate surface area is 93.8 Å².